The van der Waals surface area contributed by atoms with Crippen LogP contribution in [0.3, 0.4) is 0 Å². The lowest BCUT2D eigenvalue weighted by Gasteiger charge is -2.20. The first-order chi connectivity index (χ1) is 10.7. The van der Waals surface area contributed by atoms with Crippen molar-refractivity contribution in [1.29, 1.82) is 0 Å². The maximum atomic E-state index is 12.4. The molecule has 1 aliphatic heterocycles. The molecule has 0 fully saturated rings. The van der Waals surface area contributed by atoms with Gasteiger partial charge in [0.2, 0.25) is 0 Å². The third kappa shape index (κ3) is 2.97. The highest BCUT2D eigenvalue weighted by molar-refractivity contribution is 7.08. The van der Waals surface area contributed by atoms with E-state index in [-0.39, 0.29) is 11.9 Å². The fourth-order valence-electron chi connectivity index (χ4n) is 2.61. The second-order valence-corrected chi connectivity index (χ2v) is 6.17. The van der Waals surface area contributed by atoms with E-state index in [9.17, 15) is 4.79 Å². The van der Waals surface area contributed by atoms with Gasteiger partial charge < -0.3 is 10.1 Å². The molecule has 2 aromatic rings. The van der Waals surface area contributed by atoms with Gasteiger partial charge in [0.15, 0.2) is 0 Å². The number of amides is 1. The maximum absolute atomic E-state index is 12.4. The number of nitrogens with one attached hydrogen (secondary N) is 1. The highest BCUT2D eigenvalue weighted by Gasteiger charge is 2.19. The van der Waals surface area contributed by atoms with Crippen molar-refractivity contribution < 1.29 is 9.53 Å². The fraction of sp³-hybridized carbons (Fsp3) is 0.438. The summed E-state index contributed by atoms with van der Waals surface area (Å²) in [7, 11) is 0. The number of carbonyl (C=O) groups is 1. The molecule has 0 unspecified atom stereocenters. The highest BCUT2D eigenvalue weighted by Crippen LogP contribution is 2.28. The summed E-state index contributed by atoms with van der Waals surface area (Å²) in [4.78, 5) is 13.0. The van der Waals surface area contributed by atoms with Crippen molar-refractivity contribution in [3.63, 3.8) is 0 Å². The Bertz CT molecular complexity index is 684. The zero-order valence-corrected chi connectivity index (χ0v) is 13.6. The molecule has 0 saturated heterocycles. The molecule has 3 rings (SSSR count). The number of hydrogen-bond donors (Lipinski definition) is 1. The Labute approximate surface area is 133 Å². The van der Waals surface area contributed by atoms with E-state index in [4.69, 9.17) is 4.74 Å². The van der Waals surface area contributed by atoms with Gasteiger partial charge in [-0.05, 0) is 54.9 Å². The van der Waals surface area contributed by atoms with Crippen molar-refractivity contribution in [2.24, 2.45) is 0 Å². The van der Waals surface area contributed by atoms with E-state index in [2.05, 4.69) is 21.0 Å². The van der Waals surface area contributed by atoms with Crippen LogP contribution in [0.5, 0.6) is 5.75 Å². The van der Waals surface area contributed by atoms with Gasteiger partial charge in [0.05, 0.1) is 18.3 Å². The number of aryl methyl sites for hydroxylation is 2. The quantitative estimate of drug-likeness (QED) is 0.941. The predicted octanol–water partition coefficient (Wildman–Crippen LogP) is 2.92. The lowest BCUT2D eigenvalue weighted by molar-refractivity contribution is 0.0943. The number of aromatic nitrogens is 2. The van der Waals surface area contributed by atoms with Crippen molar-refractivity contribution in [3.05, 3.63) is 39.9 Å². The fourth-order valence-corrected chi connectivity index (χ4v) is 3.26. The van der Waals surface area contributed by atoms with Crippen molar-refractivity contribution in [1.82, 2.24) is 14.9 Å². The molecule has 116 valence electrons. The molecule has 22 heavy (non-hydrogen) atoms. The molecule has 1 aromatic heterocycles. The number of fused-ring (bicyclic) bond motifs is 1. The van der Waals surface area contributed by atoms with Gasteiger partial charge in [-0.25, -0.2) is 0 Å². The van der Waals surface area contributed by atoms with Crippen molar-refractivity contribution in [2.75, 3.05) is 6.61 Å². The van der Waals surface area contributed by atoms with Gasteiger partial charge in [-0.3, -0.25) is 4.79 Å². The molecule has 0 spiro atoms. The van der Waals surface area contributed by atoms with E-state index < -0.39 is 0 Å². The summed E-state index contributed by atoms with van der Waals surface area (Å²) in [5.41, 5.74) is 3.07. The average Bonchev–Trinajstić information content (AvgIpc) is 3.03. The number of hydrogen-bond acceptors (Lipinski definition) is 5. The van der Waals surface area contributed by atoms with Crippen molar-refractivity contribution in [3.8, 4) is 5.75 Å². The normalized spacial score (nSPS) is 14.8. The number of rotatable bonds is 4. The van der Waals surface area contributed by atoms with Gasteiger partial charge in [-0.15, -0.1) is 5.10 Å². The highest BCUT2D eigenvalue weighted by atomic mass is 32.1. The molecule has 2 heterocycles. The first-order valence-corrected chi connectivity index (χ1v) is 8.34. The van der Waals surface area contributed by atoms with Gasteiger partial charge in [-0.2, -0.15) is 0 Å². The van der Waals surface area contributed by atoms with Gasteiger partial charge in [0.25, 0.3) is 5.91 Å². The Morgan fingerprint density at radius 3 is 3.18 bits per heavy atom. The minimum absolute atomic E-state index is 0.0634. The van der Waals surface area contributed by atoms with Crippen LogP contribution in [0.25, 0.3) is 0 Å². The number of nitrogens with zero attached hydrogens (tertiary/aromatic N) is 2. The molecule has 0 aliphatic carbocycles. The zero-order valence-electron chi connectivity index (χ0n) is 12.8. The molecular formula is C16H19N3O2S. The summed E-state index contributed by atoms with van der Waals surface area (Å²) in [6, 6.07) is 6.08. The van der Waals surface area contributed by atoms with Crippen LogP contribution in [0.2, 0.25) is 0 Å². The van der Waals surface area contributed by atoms with Gasteiger partial charge in [0, 0.05) is 0 Å². The number of carbonyl (C=O) groups excluding carboxylic acids is 1. The Balaban J connectivity index is 1.74. The van der Waals surface area contributed by atoms with Crippen LogP contribution in [-0.2, 0) is 12.8 Å². The van der Waals surface area contributed by atoms with E-state index in [1.54, 1.807) is 0 Å². The number of ether oxygens (including phenoxy) is 1. The van der Waals surface area contributed by atoms with Crippen LogP contribution >= 0.6 is 11.5 Å². The molecule has 0 radical (unpaired) electrons. The second-order valence-electron chi connectivity index (χ2n) is 5.42. The van der Waals surface area contributed by atoms with E-state index in [0.717, 1.165) is 48.0 Å². The Hall–Kier alpha value is -1.95. The van der Waals surface area contributed by atoms with E-state index in [1.165, 1.54) is 5.56 Å². The van der Waals surface area contributed by atoms with Crippen LogP contribution in [0.15, 0.2) is 18.2 Å². The summed E-state index contributed by atoms with van der Waals surface area (Å²) >= 11 is 1.15. The summed E-state index contributed by atoms with van der Waals surface area (Å²) < 4.78 is 9.49. The third-order valence-corrected chi connectivity index (χ3v) is 4.64. The lowest BCUT2D eigenvalue weighted by Crippen LogP contribution is -2.27. The molecular weight excluding hydrogens is 298 g/mol. The standard InChI is InChI=1S/C16H19N3O2S/c1-3-13-15(22-19-18-13)16(20)17-10(2)11-6-7-14-12(9-11)5-4-8-21-14/h6-7,9-10H,3-5,8H2,1-2H3,(H,17,20)/t10-/m0/s1. The molecule has 1 amide bonds. The summed E-state index contributed by atoms with van der Waals surface area (Å²) in [6.07, 6.45) is 2.79. The largest absolute Gasteiger partial charge is 0.493 e. The second kappa shape index (κ2) is 6.44. The van der Waals surface area contributed by atoms with Crippen LogP contribution in [0.4, 0.5) is 0 Å². The van der Waals surface area contributed by atoms with Crippen LogP contribution in [0, 0.1) is 0 Å². The van der Waals surface area contributed by atoms with Crippen LogP contribution in [0.1, 0.15) is 52.8 Å². The third-order valence-electron chi connectivity index (χ3n) is 3.88. The Morgan fingerprint density at radius 2 is 2.36 bits per heavy atom. The van der Waals surface area contributed by atoms with E-state index in [0.29, 0.717) is 11.3 Å². The predicted molar refractivity (Wildman–Crippen MR) is 85.4 cm³/mol. The lowest BCUT2D eigenvalue weighted by atomic mass is 10.00. The average molecular weight is 317 g/mol. The molecule has 0 saturated carbocycles. The van der Waals surface area contributed by atoms with Gasteiger partial charge in [-0.1, -0.05) is 23.5 Å². The molecule has 1 N–H and O–H groups in total. The molecule has 1 aliphatic rings. The van der Waals surface area contributed by atoms with Gasteiger partial charge >= 0.3 is 0 Å². The van der Waals surface area contributed by atoms with Crippen molar-refractivity contribution in [2.45, 2.75) is 39.2 Å². The van der Waals surface area contributed by atoms with Crippen LogP contribution in [-0.4, -0.2) is 22.1 Å². The first kappa shape index (κ1) is 15.0. The molecule has 1 aromatic carbocycles. The summed E-state index contributed by atoms with van der Waals surface area (Å²) in [5, 5.41) is 7.02. The molecule has 1 atom stereocenters. The molecule has 0 bridgehead atoms. The first-order valence-electron chi connectivity index (χ1n) is 7.56. The monoisotopic (exact) mass is 317 g/mol. The SMILES string of the molecule is CCc1nnsc1C(=O)N[C@@H](C)c1ccc2c(c1)CCCO2. The summed E-state index contributed by atoms with van der Waals surface area (Å²) in [6.45, 7) is 4.75. The Morgan fingerprint density at radius 1 is 1.50 bits per heavy atom. The molecule has 6 heteroatoms. The van der Waals surface area contributed by atoms with Gasteiger partial charge in [0.1, 0.15) is 10.6 Å². The summed E-state index contributed by atoms with van der Waals surface area (Å²) in [5.74, 6) is 0.863. The topological polar surface area (TPSA) is 64.1 Å². The minimum Gasteiger partial charge on any atom is -0.493 e. The van der Waals surface area contributed by atoms with Crippen molar-refractivity contribution >= 4 is 17.4 Å². The Kier molecular flexibility index (Phi) is 4.38. The van der Waals surface area contributed by atoms with Crippen LogP contribution < -0.4 is 10.1 Å². The zero-order chi connectivity index (χ0) is 15.5. The van der Waals surface area contributed by atoms with E-state index >= 15 is 0 Å². The number of benzene rings is 1. The minimum atomic E-state index is -0.103. The maximum Gasteiger partial charge on any atom is 0.265 e. The van der Waals surface area contributed by atoms with E-state index in [1.807, 2.05) is 26.0 Å². The molecule has 5 nitrogen and oxygen atoms in total. The smallest absolute Gasteiger partial charge is 0.265 e.